The van der Waals surface area contributed by atoms with Crippen molar-refractivity contribution in [2.45, 2.75) is 12.6 Å². The van der Waals surface area contributed by atoms with Gasteiger partial charge in [0.1, 0.15) is 5.82 Å². The van der Waals surface area contributed by atoms with Gasteiger partial charge in [-0.3, -0.25) is 4.79 Å². The Morgan fingerprint density at radius 3 is 2.42 bits per heavy atom. The van der Waals surface area contributed by atoms with Crippen LogP contribution in [0, 0.1) is 5.82 Å². The predicted molar refractivity (Wildman–Crippen MR) is 56.1 cm³/mol. The van der Waals surface area contributed by atoms with E-state index in [0.29, 0.717) is 5.56 Å². The largest absolute Gasteiger partial charge is 0.478 e. The fourth-order valence-electron chi connectivity index (χ4n) is 1.31. The zero-order valence-electron chi connectivity index (χ0n) is 9.42. The average Bonchev–Trinajstić information content (AvgIpc) is 2.29. The number of amides is 1. The Balaban J connectivity index is 2.62. The molecule has 1 amide bonds. The normalized spacial score (nSPS) is 11.2. The van der Waals surface area contributed by atoms with Crippen LogP contribution in [0.3, 0.4) is 0 Å². The lowest BCUT2D eigenvalue weighted by Crippen LogP contribution is -2.37. The second kappa shape index (κ2) is 5.68. The van der Waals surface area contributed by atoms with Gasteiger partial charge in [-0.05, 0) is 24.1 Å². The molecule has 1 rings (SSSR count). The molecule has 0 fully saturated rings. The van der Waals surface area contributed by atoms with Gasteiger partial charge in [-0.25, -0.2) is 9.18 Å². The van der Waals surface area contributed by atoms with Crippen LogP contribution in [0.4, 0.5) is 17.6 Å². The molecule has 2 N–H and O–H groups in total. The monoisotopic (exact) mass is 279 g/mol. The van der Waals surface area contributed by atoms with Crippen LogP contribution in [-0.4, -0.2) is 29.7 Å². The van der Waals surface area contributed by atoms with Gasteiger partial charge < -0.3 is 10.4 Å². The number of carboxylic acids is 1. The van der Waals surface area contributed by atoms with Crippen molar-refractivity contribution in [2.24, 2.45) is 0 Å². The van der Waals surface area contributed by atoms with Gasteiger partial charge in [-0.2, -0.15) is 13.2 Å². The topological polar surface area (TPSA) is 66.4 Å². The summed E-state index contributed by atoms with van der Waals surface area (Å²) in [5, 5.41) is 10.3. The average molecular weight is 279 g/mol. The van der Waals surface area contributed by atoms with Gasteiger partial charge in [0.15, 0.2) is 0 Å². The first-order valence-corrected chi connectivity index (χ1v) is 5.08. The van der Waals surface area contributed by atoms with Crippen molar-refractivity contribution in [1.82, 2.24) is 5.32 Å². The van der Waals surface area contributed by atoms with E-state index in [1.165, 1.54) is 6.07 Å². The highest BCUT2D eigenvalue weighted by Gasteiger charge is 2.38. The van der Waals surface area contributed by atoms with E-state index < -0.39 is 29.4 Å². The molecule has 0 radical (unpaired) electrons. The smallest absolute Gasteiger partial charge is 0.471 e. The zero-order chi connectivity index (χ0) is 14.6. The summed E-state index contributed by atoms with van der Waals surface area (Å²) in [5.41, 5.74) is -0.263. The highest BCUT2D eigenvalue weighted by Crippen LogP contribution is 2.14. The Morgan fingerprint density at radius 2 is 1.89 bits per heavy atom. The second-order valence-corrected chi connectivity index (χ2v) is 3.62. The van der Waals surface area contributed by atoms with Crippen LogP contribution in [-0.2, 0) is 11.2 Å². The Bertz CT molecular complexity index is 499. The molecule has 0 aliphatic rings. The van der Waals surface area contributed by atoms with Crippen LogP contribution >= 0.6 is 0 Å². The third-order valence-electron chi connectivity index (χ3n) is 2.22. The SMILES string of the molecule is O=C(O)c1cc(CCNC(=O)C(F)(F)F)ccc1F. The number of halogens is 4. The summed E-state index contributed by atoms with van der Waals surface area (Å²) in [6, 6.07) is 3.16. The number of carbonyl (C=O) groups is 2. The minimum Gasteiger partial charge on any atom is -0.478 e. The van der Waals surface area contributed by atoms with Crippen molar-refractivity contribution in [3.63, 3.8) is 0 Å². The van der Waals surface area contributed by atoms with Crippen LogP contribution in [0.5, 0.6) is 0 Å². The van der Waals surface area contributed by atoms with E-state index in [1.807, 2.05) is 0 Å². The molecular formula is C11H9F4NO3. The Hall–Kier alpha value is -2.12. The lowest BCUT2D eigenvalue weighted by molar-refractivity contribution is -0.173. The molecule has 0 aliphatic carbocycles. The lowest BCUT2D eigenvalue weighted by atomic mass is 10.1. The molecule has 0 saturated heterocycles. The van der Waals surface area contributed by atoms with Crippen LogP contribution in [0.2, 0.25) is 0 Å². The van der Waals surface area contributed by atoms with E-state index in [2.05, 4.69) is 0 Å². The van der Waals surface area contributed by atoms with Gasteiger partial charge in [0.05, 0.1) is 5.56 Å². The molecule has 0 atom stereocenters. The van der Waals surface area contributed by atoms with E-state index in [9.17, 15) is 27.2 Å². The molecule has 0 saturated carbocycles. The van der Waals surface area contributed by atoms with Crippen molar-refractivity contribution < 1.29 is 32.3 Å². The number of hydrogen-bond acceptors (Lipinski definition) is 2. The fraction of sp³-hybridized carbons (Fsp3) is 0.273. The number of carboxylic acid groups (broad SMARTS) is 1. The molecule has 8 heteroatoms. The summed E-state index contributed by atoms with van der Waals surface area (Å²) >= 11 is 0. The first-order chi connectivity index (χ1) is 8.71. The molecule has 0 bridgehead atoms. The minimum absolute atomic E-state index is 0.0393. The van der Waals surface area contributed by atoms with E-state index in [0.717, 1.165) is 12.1 Å². The van der Waals surface area contributed by atoms with Gasteiger partial charge in [0.2, 0.25) is 0 Å². The molecule has 0 heterocycles. The summed E-state index contributed by atoms with van der Waals surface area (Å²) in [6.07, 6.45) is -5.00. The summed E-state index contributed by atoms with van der Waals surface area (Å²) in [5.74, 6) is -4.48. The Kier molecular flexibility index (Phi) is 4.47. The van der Waals surface area contributed by atoms with E-state index in [1.54, 1.807) is 5.32 Å². The number of alkyl halides is 3. The zero-order valence-corrected chi connectivity index (χ0v) is 9.42. The van der Waals surface area contributed by atoms with Gasteiger partial charge in [0, 0.05) is 6.54 Å². The lowest BCUT2D eigenvalue weighted by Gasteiger charge is -2.08. The molecule has 1 aromatic carbocycles. The van der Waals surface area contributed by atoms with Gasteiger partial charge >= 0.3 is 18.1 Å². The number of carbonyl (C=O) groups excluding carboxylic acids is 1. The number of aromatic carboxylic acids is 1. The van der Waals surface area contributed by atoms with Crippen molar-refractivity contribution in [1.29, 1.82) is 0 Å². The second-order valence-electron chi connectivity index (χ2n) is 3.62. The Morgan fingerprint density at radius 1 is 1.26 bits per heavy atom. The fourth-order valence-corrected chi connectivity index (χ4v) is 1.31. The molecule has 104 valence electrons. The van der Waals surface area contributed by atoms with Crippen molar-refractivity contribution in [2.75, 3.05) is 6.54 Å². The van der Waals surface area contributed by atoms with Crippen molar-refractivity contribution in [3.8, 4) is 0 Å². The van der Waals surface area contributed by atoms with Crippen LogP contribution in [0.1, 0.15) is 15.9 Å². The molecule has 1 aromatic rings. The summed E-state index contributed by atoms with van der Waals surface area (Å²) in [4.78, 5) is 21.1. The summed E-state index contributed by atoms with van der Waals surface area (Å²) < 4.78 is 48.6. The number of nitrogens with one attached hydrogen (secondary N) is 1. The van der Waals surface area contributed by atoms with Crippen LogP contribution in [0.15, 0.2) is 18.2 Å². The molecular weight excluding hydrogens is 270 g/mol. The number of hydrogen-bond donors (Lipinski definition) is 2. The molecule has 19 heavy (non-hydrogen) atoms. The standard InChI is InChI=1S/C11H9F4NO3/c12-8-2-1-6(5-7(8)9(17)18)3-4-16-10(19)11(13,14)15/h1-2,5H,3-4H2,(H,16,19)(H,17,18). The van der Waals surface area contributed by atoms with Gasteiger partial charge in [-0.1, -0.05) is 6.07 Å². The Labute approximate surface area is 105 Å². The minimum atomic E-state index is -4.96. The van der Waals surface area contributed by atoms with Crippen LogP contribution < -0.4 is 5.32 Å². The molecule has 0 aliphatic heterocycles. The molecule has 0 spiro atoms. The highest BCUT2D eigenvalue weighted by molar-refractivity contribution is 5.88. The maximum Gasteiger partial charge on any atom is 0.471 e. The first kappa shape index (κ1) is 14.9. The molecule has 0 aromatic heterocycles. The highest BCUT2D eigenvalue weighted by atomic mass is 19.4. The number of rotatable bonds is 4. The summed E-state index contributed by atoms with van der Waals surface area (Å²) in [7, 11) is 0. The first-order valence-electron chi connectivity index (χ1n) is 5.08. The van der Waals surface area contributed by atoms with E-state index >= 15 is 0 Å². The van der Waals surface area contributed by atoms with E-state index in [4.69, 9.17) is 5.11 Å². The number of benzene rings is 1. The molecule has 0 unspecified atom stereocenters. The third kappa shape index (κ3) is 4.23. The van der Waals surface area contributed by atoms with Crippen LogP contribution in [0.25, 0.3) is 0 Å². The van der Waals surface area contributed by atoms with Crippen molar-refractivity contribution in [3.05, 3.63) is 35.1 Å². The maximum absolute atomic E-state index is 13.0. The summed E-state index contributed by atoms with van der Waals surface area (Å²) in [6.45, 7) is -0.330. The molecule has 4 nitrogen and oxygen atoms in total. The quantitative estimate of drug-likeness (QED) is 0.825. The van der Waals surface area contributed by atoms with Crippen molar-refractivity contribution >= 4 is 11.9 Å². The van der Waals surface area contributed by atoms with Gasteiger partial charge in [-0.15, -0.1) is 0 Å². The third-order valence-corrected chi connectivity index (χ3v) is 2.22. The predicted octanol–water partition coefficient (Wildman–Crippen LogP) is 1.74. The van der Waals surface area contributed by atoms with Gasteiger partial charge in [0.25, 0.3) is 0 Å². The maximum atomic E-state index is 13.0. The van der Waals surface area contributed by atoms with E-state index in [-0.39, 0.29) is 13.0 Å².